The summed E-state index contributed by atoms with van der Waals surface area (Å²) in [4.78, 5) is 29.3. The molecule has 2 aromatic rings. The Morgan fingerprint density at radius 1 is 1.36 bits per heavy atom. The van der Waals surface area contributed by atoms with E-state index in [0.29, 0.717) is 17.6 Å². The van der Waals surface area contributed by atoms with E-state index in [2.05, 4.69) is 10.1 Å². The van der Waals surface area contributed by atoms with E-state index in [1.165, 1.54) is 11.9 Å². The number of nitrogens with zero attached hydrogens (tertiary/aromatic N) is 4. The van der Waals surface area contributed by atoms with E-state index in [4.69, 9.17) is 4.74 Å². The van der Waals surface area contributed by atoms with Gasteiger partial charge < -0.3 is 9.53 Å². The average molecular weight is 304 g/mol. The Hall–Kier alpha value is -2.44. The maximum absolute atomic E-state index is 12.2. The fourth-order valence-corrected chi connectivity index (χ4v) is 1.91. The number of aromatic nitrogens is 3. The molecule has 0 N–H and O–H groups in total. The summed E-state index contributed by atoms with van der Waals surface area (Å²) in [5, 5.41) is 4.33. The molecule has 0 saturated heterocycles. The maximum atomic E-state index is 12.2. The predicted molar refractivity (Wildman–Crippen MR) is 80.4 cm³/mol. The van der Waals surface area contributed by atoms with Gasteiger partial charge in [0.05, 0.1) is 5.69 Å². The number of rotatable bonds is 3. The Labute approximate surface area is 128 Å². The average Bonchev–Trinajstić information content (AvgIpc) is 2.88. The van der Waals surface area contributed by atoms with Crippen LogP contribution < -0.4 is 0 Å². The van der Waals surface area contributed by atoms with Gasteiger partial charge in [-0.15, -0.1) is 0 Å². The number of aldehydes is 1. The number of fused-ring (bicyclic) bond motifs is 1. The second kappa shape index (κ2) is 5.40. The number of ether oxygens (including phenoxy) is 1. The normalized spacial score (nSPS) is 14.4. The molecule has 0 spiro atoms. The summed E-state index contributed by atoms with van der Waals surface area (Å²) < 4.78 is 6.88. The van der Waals surface area contributed by atoms with Crippen LogP contribution in [0.2, 0.25) is 0 Å². The van der Waals surface area contributed by atoms with Crippen molar-refractivity contribution < 1.29 is 14.3 Å². The Bertz CT molecular complexity index is 671. The first-order valence-corrected chi connectivity index (χ1v) is 6.91. The highest BCUT2D eigenvalue weighted by atomic mass is 16.6. The van der Waals surface area contributed by atoms with Gasteiger partial charge in [0.1, 0.15) is 11.1 Å². The van der Waals surface area contributed by atoms with Crippen molar-refractivity contribution in [2.75, 3.05) is 7.05 Å². The molecule has 1 unspecified atom stereocenters. The highest BCUT2D eigenvalue weighted by Crippen LogP contribution is 2.26. The fourth-order valence-electron chi connectivity index (χ4n) is 1.91. The van der Waals surface area contributed by atoms with Crippen LogP contribution in [0.5, 0.6) is 0 Å². The van der Waals surface area contributed by atoms with Crippen LogP contribution in [0.3, 0.4) is 0 Å². The van der Waals surface area contributed by atoms with Crippen molar-refractivity contribution in [2.24, 2.45) is 0 Å². The van der Waals surface area contributed by atoms with Crippen LogP contribution in [0.15, 0.2) is 24.5 Å². The molecule has 0 aromatic carbocycles. The first-order chi connectivity index (χ1) is 10.2. The van der Waals surface area contributed by atoms with Crippen LogP contribution in [-0.2, 0) is 15.1 Å². The summed E-state index contributed by atoms with van der Waals surface area (Å²) >= 11 is 0. The highest BCUT2D eigenvalue weighted by Gasteiger charge is 2.39. The topological polar surface area (TPSA) is 76.8 Å². The van der Waals surface area contributed by atoms with E-state index in [1.54, 1.807) is 56.7 Å². The van der Waals surface area contributed by atoms with Crippen molar-refractivity contribution in [3.63, 3.8) is 0 Å². The van der Waals surface area contributed by atoms with Gasteiger partial charge in [-0.25, -0.2) is 14.3 Å². The highest BCUT2D eigenvalue weighted by molar-refractivity contribution is 5.77. The monoisotopic (exact) mass is 304 g/mol. The number of hydrogen-bond acceptors (Lipinski definition) is 5. The summed E-state index contributed by atoms with van der Waals surface area (Å²) in [6.07, 6.45) is 3.45. The van der Waals surface area contributed by atoms with Crippen molar-refractivity contribution in [2.45, 2.75) is 38.8 Å². The minimum absolute atomic E-state index is 0.426. The largest absolute Gasteiger partial charge is 0.444 e. The standard InChI is InChI=1S/C15H20N4O3/c1-14(2,3)22-13(21)18(5)15(4,10-20)11-9-12-16-7-6-8-19(12)17-11/h6-10H,1-5H3. The van der Waals surface area contributed by atoms with Crippen molar-refractivity contribution in [1.82, 2.24) is 19.5 Å². The van der Waals surface area contributed by atoms with Gasteiger partial charge in [-0.3, -0.25) is 4.90 Å². The molecule has 0 radical (unpaired) electrons. The van der Waals surface area contributed by atoms with Gasteiger partial charge in [0.2, 0.25) is 0 Å². The number of carbonyl (C=O) groups excluding carboxylic acids is 2. The lowest BCUT2D eigenvalue weighted by Gasteiger charge is -2.34. The molecule has 118 valence electrons. The number of amides is 1. The third-order valence-corrected chi connectivity index (χ3v) is 3.35. The van der Waals surface area contributed by atoms with Gasteiger partial charge in [-0.05, 0) is 33.8 Å². The molecule has 7 heteroatoms. The van der Waals surface area contributed by atoms with Crippen LogP contribution in [-0.4, -0.2) is 44.5 Å². The molecule has 2 rings (SSSR count). The molecule has 0 saturated carbocycles. The Morgan fingerprint density at radius 3 is 2.59 bits per heavy atom. The van der Waals surface area contributed by atoms with E-state index in [-0.39, 0.29) is 0 Å². The summed E-state index contributed by atoms with van der Waals surface area (Å²) in [5.74, 6) is 0. The van der Waals surface area contributed by atoms with Gasteiger partial charge in [0, 0.05) is 25.5 Å². The number of hydrogen-bond donors (Lipinski definition) is 0. The van der Waals surface area contributed by atoms with Gasteiger partial charge >= 0.3 is 6.09 Å². The summed E-state index contributed by atoms with van der Waals surface area (Å²) in [6, 6.07) is 3.41. The molecule has 0 aliphatic rings. The van der Waals surface area contributed by atoms with E-state index < -0.39 is 17.2 Å². The summed E-state index contributed by atoms with van der Waals surface area (Å²) in [5.41, 5.74) is -0.858. The smallest absolute Gasteiger partial charge is 0.411 e. The fraction of sp³-hybridized carbons (Fsp3) is 0.467. The lowest BCUT2D eigenvalue weighted by molar-refractivity contribution is -0.117. The molecule has 0 bridgehead atoms. The number of carbonyl (C=O) groups is 2. The van der Waals surface area contributed by atoms with Crippen molar-refractivity contribution in [3.8, 4) is 0 Å². The summed E-state index contributed by atoms with van der Waals surface area (Å²) in [7, 11) is 1.51. The lowest BCUT2D eigenvalue weighted by Crippen LogP contribution is -2.48. The zero-order chi connectivity index (χ0) is 16.5. The van der Waals surface area contributed by atoms with Gasteiger partial charge in [-0.1, -0.05) is 0 Å². The first-order valence-electron chi connectivity index (χ1n) is 6.91. The molecule has 0 aliphatic carbocycles. The Balaban J connectivity index is 2.38. The molecular formula is C15H20N4O3. The molecule has 2 aromatic heterocycles. The van der Waals surface area contributed by atoms with E-state index in [9.17, 15) is 9.59 Å². The predicted octanol–water partition coefficient (Wildman–Crippen LogP) is 2.01. The SMILES string of the molecule is CN(C(=O)OC(C)(C)C)C(C)(C=O)c1cc2ncccn2n1. The molecule has 1 amide bonds. The first kappa shape index (κ1) is 15.9. The molecule has 22 heavy (non-hydrogen) atoms. The summed E-state index contributed by atoms with van der Waals surface area (Å²) in [6.45, 7) is 6.93. The van der Waals surface area contributed by atoms with Crippen molar-refractivity contribution in [3.05, 3.63) is 30.2 Å². The zero-order valence-corrected chi connectivity index (χ0v) is 13.4. The van der Waals surface area contributed by atoms with Gasteiger partial charge in [-0.2, -0.15) is 5.10 Å². The molecular weight excluding hydrogens is 284 g/mol. The third-order valence-electron chi connectivity index (χ3n) is 3.35. The minimum Gasteiger partial charge on any atom is -0.444 e. The minimum atomic E-state index is -1.24. The van der Waals surface area contributed by atoms with E-state index in [1.807, 2.05) is 0 Å². The Kier molecular flexibility index (Phi) is 3.91. The molecule has 2 heterocycles. The zero-order valence-electron chi connectivity index (χ0n) is 13.4. The van der Waals surface area contributed by atoms with Crippen LogP contribution in [0.4, 0.5) is 4.79 Å². The second-order valence-corrected chi connectivity index (χ2v) is 6.26. The second-order valence-electron chi connectivity index (χ2n) is 6.26. The van der Waals surface area contributed by atoms with Crippen molar-refractivity contribution in [1.29, 1.82) is 0 Å². The van der Waals surface area contributed by atoms with Gasteiger partial charge in [0.15, 0.2) is 11.9 Å². The van der Waals surface area contributed by atoms with Crippen molar-refractivity contribution >= 4 is 18.0 Å². The lowest BCUT2D eigenvalue weighted by atomic mass is 9.98. The van der Waals surface area contributed by atoms with E-state index in [0.717, 1.165) is 0 Å². The van der Waals surface area contributed by atoms with Crippen LogP contribution in [0.25, 0.3) is 5.65 Å². The number of likely N-dealkylation sites (N-methyl/N-ethyl adjacent to an activating group) is 1. The maximum Gasteiger partial charge on any atom is 0.411 e. The van der Waals surface area contributed by atoms with Crippen LogP contribution in [0, 0.1) is 0 Å². The van der Waals surface area contributed by atoms with Gasteiger partial charge in [0.25, 0.3) is 0 Å². The van der Waals surface area contributed by atoms with Crippen LogP contribution >= 0.6 is 0 Å². The molecule has 7 nitrogen and oxygen atoms in total. The quantitative estimate of drug-likeness (QED) is 0.811. The third kappa shape index (κ3) is 2.93. The molecule has 1 atom stereocenters. The van der Waals surface area contributed by atoms with E-state index >= 15 is 0 Å². The molecule has 0 fully saturated rings. The van der Waals surface area contributed by atoms with Crippen LogP contribution in [0.1, 0.15) is 33.4 Å². The Morgan fingerprint density at radius 2 is 2.05 bits per heavy atom. The molecule has 0 aliphatic heterocycles.